The van der Waals surface area contributed by atoms with E-state index in [1.165, 1.54) is 4.31 Å². The van der Waals surface area contributed by atoms with Gasteiger partial charge >= 0.3 is 0 Å². The summed E-state index contributed by atoms with van der Waals surface area (Å²) in [4.78, 5) is 0. The van der Waals surface area contributed by atoms with E-state index in [1.807, 2.05) is 20.8 Å². The van der Waals surface area contributed by atoms with Crippen molar-refractivity contribution in [2.24, 2.45) is 11.7 Å². The molecule has 0 aromatic rings. The first-order valence-corrected chi connectivity index (χ1v) is 6.80. The van der Waals surface area contributed by atoms with E-state index in [0.29, 0.717) is 19.0 Å². The molecular weight excluding hydrogens is 250 g/mol. The molecule has 1 aliphatic rings. The molecule has 0 bridgehead atoms. The van der Waals surface area contributed by atoms with Crippen molar-refractivity contribution in [3.05, 3.63) is 0 Å². The lowest BCUT2D eigenvalue weighted by Crippen LogP contribution is -2.45. The van der Waals surface area contributed by atoms with Crippen LogP contribution >= 0.6 is 12.4 Å². The Morgan fingerprint density at radius 2 is 2.06 bits per heavy atom. The maximum atomic E-state index is 11.9. The van der Waals surface area contributed by atoms with Crippen molar-refractivity contribution in [3.63, 3.8) is 0 Å². The first-order chi connectivity index (χ1) is 6.86. The summed E-state index contributed by atoms with van der Waals surface area (Å²) >= 11 is 0. The zero-order chi connectivity index (χ0) is 11.6. The summed E-state index contributed by atoms with van der Waals surface area (Å²) in [7, 11) is -3.32. The maximum Gasteiger partial charge on any atom is 0.279 e. The third kappa shape index (κ3) is 3.85. The van der Waals surface area contributed by atoms with E-state index in [2.05, 4.69) is 4.72 Å². The first-order valence-electron chi connectivity index (χ1n) is 5.36. The second-order valence-electron chi connectivity index (χ2n) is 4.53. The fraction of sp³-hybridized carbons (Fsp3) is 1.00. The molecule has 3 N–H and O–H groups in total. The first kappa shape index (κ1) is 16.1. The summed E-state index contributed by atoms with van der Waals surface area (Å²) in [6, 6.07) is -0.0195. The van der Waals surface area contributed by atoms with Crippen LogP contribution < -0.4 is 10.5 Å². The lowest BCUT2D eigenvalue weighted by Gasteiger charge is -2.22. The van der Waals surface area contributed by atoms with Crippen LogP contribution in [0.1, 0.15) is 27.2 Å². The van der Waals surface area contributed by atoms with E-state index in [1.54, 1.807) is 0 Å². The predicted molar refractivity (Wildman–Crippen MR) is 67.8 cm³/mol. The summed E-state index contributed by atoms with van der Waals surface area (Å²) in [5.74, 6) is 0.295. The van der Waals surface area contributed by atoms with E-state index in [0.717, 1.165) is 6.42 Å². The molecular formula is C9H22ClN3O2S. The number of hydrogen-bond donors (Lipinski definition) is 2. The van der Waals surface area contributed by atoms with Crippen molar-refractivity contribution in [2.75, 3.05) is 13.1 Å². The fourth-order valence-electron chi connectivity index (χ4n) is 1.98. The molecule has 5 nitrogen and oxygen atoms in total. The normalized spacial score (nSPS) is 27.1. The second kappa shape index (κ2) is 6.16. The van der Waals surface area contributed by atoms with Crippen LogP contribution in [0, 0.1) is 5.92 Å². The van der Waals surface area contributed by atoms with Crippen LogP contribution in [-0.2, 0) is 10.2 Å². The Kier molecular flexibility index (Phi) is 6.21. The van der Waals surface area contributed by atoms with Gasteiger partial charge in [0, 0.05) is 18.6 Å². The molecule has 2 unspecified atom stereocenters. The van der Waals surface area contributed by atoms with Gasteiger partial charge in [0.1, 0.15) is 0 Å². The molecule has 1 fully saturated rings. The molecule has 2 atom stereocenters. The Hall–Kier alpha value is 0.120. The SMILES string of the molecule is CC(C)NS(=O)(=O)N1CC(CN)CC1C.Cl. The lowest BCUT2D eigenvalue weighted by molar-refractivity contribution is 0.393. The average Bonchev–Trinajstić information content (AvgIpc) is 2.45. The van der Waals surface area contributed by atoms with Crippen molar-refractivity contribution in [3.8, 4) is 0 Å². The number of nitrogens with two attached hydrogens (primary N) is 1. The molecule has 16 heavy (non-hydrogen) atoms. The van der Waals surface area contributed by atoms with Gasteiger partial charge in [-0.3, -0.25) is 0 Å². The largest absolute Gasteiger partial charge is 0.330 e. The molecule has 1 saturated heterocycles. The van der Waals surface area contributed by atoms with Crippen molar-refractivity contribution >= 4 is 22.6 Å². The number of hydrogen-bond acceptors (Lipinski definition) is 3. The van der Waals surface area contributed by atoms with Gasteiger partial charge in [-0.05, 0) is 39.7 Å². The van der Waals surface area contributed by atoms with Crippen LogP contribution in [0.15, 0.2) is 0 Å². The summed E-state index contributed by atoms with van der Waals surface area (Å²) in [5, 5.41) is 0. The Morgan fingerprint density at radius 3 is 2.44 bits per heavy atom. The Bertz CT molecular complexity index is 308. The molecule has 0 spiro atoms. The second-order valence-corrected chi connectivity index (χ2v) is 6.19. The maximum absolute atomic E-state index is 11.9. The highest BCUT2D eigenvalue weighted by atomic mass is 35.5. The van der Waals surface area contributed by atoms with Gasteiger partial charge in [0.15, 0.2) is 0 Å². The van der Waals surface area contributed by atoms with Crippen LogP contribution in [-0.4, -0.2) is 37.9 Å². The zero-order valence-corrected chi connectivity index (χ0v) is 11.6. The van der Waals surface area contributed by atoms with Gasteiger partial charge in [0.2, 0.25) is 0 Å². The van der Waals surface area contributed by atoms with Gasteiger partial charge in [-0.15, -0.1) is 12.4 Å². The molecule has 1 aliphatic heterocycles. The van der Waals surface area contributed by atoms with Gasteiger partial charge in [-0.25, -0.2) is 0 Å². The predicted octanol–water partition coefficient (Wildman–Crippen LogP) is 0.320. The molecule has 1 heterocycles. The van der Waals surface area contributed by atoms with Gasteiger partial charge in [0.05, 0.1) is 0 Å². The van der Waals surface area contributed by atoms with E-state index in [-0.39, 0.29) is 24.5 Å². The van der Waals surface area contributed by atoms with E-state index >= 15 is 0 Å². The van der Waals surface area contributed by atoms with E-state index < -0.39 is 10.2 Å². The van der Waals surface area contributed by atoms with Gasteiger partial charge in [-0.2, -0.15) is 17.4 Å². The number of halogens is 1. The van der Waals surface area contributed by atoms with Gasteiger partial charge in [-0.1, -0.05) is 0 Å². The summed E-state index contributed by atoms with van der Waals surface area (Å²) in [6.45, 7) is 6.66. The topological polar surface area (TPSA) is 75.4 Å². The summed E-state index contributed by atoms with van der Waals surface area (Å²) in [5.41, 5.74) is 5.56. The van der Waals surface area contributed by atoms with Crippen molar-refractivity contribution in [2.45, 2.75) is 39.3 Å². The Morgan fingerprint density at radius 1 is 1.50 bits per heavy atom. The highest BCUT2D eigenvalue weighted by Crippen LogP contribution is 2.24. The van der Waals surface area contributed by atoms with Gasteiger partial charge < -0.3 is 5.73 Å². The molecule has 0 saturated carbocycles. The molecule has 7 heteroatoms. The number of nitrogens with one attached hydrogen (secondary N) is 1. The van der Waals surface area contributed by atoms with E-state index in [9.17, 15) is 8.42 Å². The molecule has 0 aromatic carbocycles. The smallest absolute Gasteiger partial charge is 0.279 e. The molecule has 0 aromatic heterocycles. The van der Waals surface area contributed by atoms with Crippen LogP contribution in [0.3, 0.4) is 0 Å². The van der Waals surface area contributed by atoms with Crippen LogP contribution in [0.25, 0.3) is 0 Å². The molecule has 0 radical (unpaired) electrons. The van der Waals surface area contributed by atoms with Crippen LogP contribution in [0.4, 0.5) is 0 Å². The highest BCUT2D eigenvalue weighted by molar-refractivity contribution is 7.87. The molecule has 0 amide bonds. The fourth-order valence-corrected chi connectivity index (χ4v) is 3.68. The molecule has 1 rings (SSSR count). The third-order valence-electron chi connectivity index (χ3n) is 2.63. The molecule has 98 valence electrons. The van der Waals surface area contributed by atoms with Crippen molar-refractivity contribution < 1.29 is 8.42 Å². The standard InChI is InChI=1S/C9H21N3O2S.ClH/c1-7(2)11-15(13,14)12-6-9(5-10)4-8(12)3;/h7-9,11H,4-6,10H2,1-3H3;1H. The van der Waals surface area contributed by atoms with Gasteiger partial charge in [0.25, 0.3) is 10.2 Å². The minimum absolute atomic E-state index is 0. The highest BCUT2D eigenvalue weighted by Gasteiger charge is 2.36. The summed E-state index contributed by atoms with van der Waals surface area (Å²) in [6.07, 6.45) is 0.857. The van der Waals surface area contributed by atoms with Crippen molar-refractivity contribution in [1.29, 1.82) is 0 Å². The zero-order valence-electron chi connectivity index (χ0n) is 10.0. The van der Waals surface area contributed by atoms with E-state index in [4.69, 9.17) is 5.73 Å². The quantitative estimate of drug-likeness (QED) is 0.773. The minimum Gasteiger partial charge on any atom is -0.330 e. The number of nitrogens with zero attached hydrogens (tertiary/aromatic N) is 1. The molecule has 0 aliphatic carbocycles. The number of rotatable bonds is 4. The Labute approximate surface area is 104 Å². The lowest BCUT2D eigenvalue weighted by atomic mass is 10.1. The third-order valence-corrected chi connectivity index (χ3v) is 4.53. The van der Waals surface area contributed by atoms with Crippen LogP contribution in [0.5, 0.6) is 0 Å². The Balaban J connectivity index is 0.00000225. The average molecular weight is 272 g/mol. The minimum atomic E-state index is -3.32. The van der Waals surface area contributed by atoms with Crippen molar-refractivity contribution in [1.82, 2.24) is 9.03 Å². The van der Waals surface area contributed by atoms with Crippen LogP contribution in [0.2, 0.25) is 0 Å². The summed E-state index contributed by atoms with van der Waals surface area (Å²) < 4.78 is 27.9. The monoisotopic (exact) mass is 271 g/mol.